The Balaban J connectivity index is 1.46. The fourth-order valence-electron chi connectivity index (χ4n) is 6.21. The number of anilines is 3. The number of fused-ring (bicyclic) bond motifs is 2. The molecule has 0 fully saturated rings. The highest BCUT2D eigenvalue weighted by molar-refractivity contribution is 6.26. The van der Waals surface area contributed by atoms with Gasteiger partial charge < -0.3 is 4.90 Å². The van der Waals surface area contributed by atoms with Gasteiger partial charge in [-0.25, -0.2) is 19.9 Å². The van der Waals surface area contributed by atoms with Crippen LogP contribution in [0.5, 0.6) is 0 Å². The van der Waals surface area contributed by atoms with E-state index in [-0.39, 0.29) is 5.41 Å². The number of hydrogen-bond donors (Lipinski definition) is 0. The Labute approximate surface area is 237 Å². The van der Waals surface area contributed by atoms with Gasteiger partial charge in [-0.05, 0) is 80.4 Å². The average molecular weight is 530 g/mol. The van der Waals surface area contributed by atoms with Crippen molar-refractivity contribution in [3.63, 3.8) is 0 Å². The Morgan fingerprint density at radius 3 is 1.68 bits per heavy atom. The van der Waals surface area contributed by atoms with Crippen molar-refractivity contribution in [3.8, 4) is 0 Å². The molecule has 0 atom stereocenters. The lowest BCUT2D eigenvalue weighted by molar-refractivity contribution is 0.596. The summed E-state index contributed by atoms with van der Waals surface area (Å²) in [6.07, 6.45) is 7.36. The topological polar surface area (TPSA) is 54.8 Å². The minimum Gasteiger partial charge on any atom is -0.307 e. The van der Waals surface area contributed by atoms with Crippen molar-refractivity contribution in [1.29, 1.82) is 0 Å². The first kappa shape index (κ1) is 23.7. The molecular formula is C36H27N5. The molecule has 0 amide bonds. The Hall–Kier alpha value is -5.16. The number of hydrogen-bond acceptors (Lipinski definition) is 5. The lowest BCUT2D eigenvalue weighted by Gasteiger charge is -2.28. The maximum absolute atomic E-state index is 4.73. The normalized spacial score (nSPS) is 12.3. The Morgan fingerprint density at radius 2 is 1.07 bits per heavy atom. The first-order valence-corrected chi connectivity index (χ1v) is 13.9. The average Bonchev–Trinajstić information content (AvgIpc) is 2.99. The van der Waals surface area contributed by atoms with Gasteiger partial charge in [-0.2, -0.15) is 0 Å². The van der Waals surface area contributed by atoms with Crippen LogP contribution in [0.15, 0.2) is 110 Å². The van der Waals surface area contributed by atoms with Crippen molar-refractivity contribution in [1.82, 2.24) is 19.9 Å². The minimum absolute atomic E-state index is 0.0345. The summed E-state index contributed by atoms with van der Waals surface area (Å²) in [5.41, 5.74) is 5.81. The van der Waals surface area contributed by atoms with Crippen LogP contribution in [-0.2, 0) is 5.41 Å². The molecule has 4 aromatic carbocycles. The molecule has 5 nitrogen and oxygen atoms in total. The third-order valence-corrected chi connectivity index (χ3v) is 8.09. The summed E-state index contributed by atoms with van der Waals surface area (Å²) < 4.78 is 0. The summed E-state index contributed by atoms with van der Waals surface area (Å²) in [5, 5.41) is 9.55. The maximum atomic E-state index is 4.73. The van der Waals surface area contributed by atoms with Crippen molar-refractivity contribution >= 4 is 71.4 Å². The van der Waals surface area contributed by atoms with Gasteiger partial charge in [-0.3, -0.25) is 0 Å². The third kappa shape index (κ3) is 3.70. The van der Waals surface area contributed by atoms with Gasteiger partial charge in [0.25, 0.3) is 0 Å². The van der Waals surface area contributed by atoms with E-state index >= 15 is 0 Å². The van der Waals surface area contributed by atoms with E-state index in [0.29, 0.717) is 0 Å². The zero-order valence-corrected chi connectivity index (χ0v) is 23.1. The zero-order valence-electron chi connectivity index (χ0n) is 23.1. The lowest BCUT2D eigenvalue weighted by Crippen LogP contribution is -2.12. The van der Waals surface area contributed by atoms with Gasteiger partial charge in [0, 0.05) is 28.6 Å². The monoisotopic (exact) mass is 529 g/mol. The summed E-state index contributed by atoms with van der Waals surface area (Å²) in [7, 11) is 0. The standard InChI is InChI=1S/C36H27N5/c1-36(2,3)30-14-10-22-9-13-29-31(15-11-23-8-12-28(30)32(22)33(23)29)41(26-18-24-6-4-16-37-34(24)39-20-26)27-19-25-7-5-17-38-35(25)40-21-27/h4-21H,1-3H3. The molecule has 41 heavy (non-hydrogen) atoms. The molecule has 0 aliphatic heterocycles. The van der Waals surface area contributed by atoms with E-state index in [0.717, 1.165) is 39.1 Å². The molecule has 8 aromatic rings. The van der Waals surface area contributed by atoms with E-state index in [1.165, 1.54) is 37.9 Å². The Bertz CT molecular complexity index is 2190. The molecule has 0 saturated heterocycles. The fraction of sp³-hybridized carbons (Fsp3) is 0.111. The summed E-state index contributed by atoms with van der Waals surface area (Å²) >= 11 is 0. The second-order valence-corrected chi connectivity index (χ2v) is 11.7. The predicted octanol–water partition coefficient (Wildman–Crippen LogP) is 9.24. The van der Waals surface area contributed by atoms with Crippen LogP contribution < -0.4 is 4.90 Å². The number of pyridine rings is 4. The molecule has 0 radical (unpaired) electrons. The maximum Gasteiger partial charge on any atom is 0.159 e. The molecule has 0 bridgehead atoms. The van der Waals surface area contributed by atoms with Crippen LogP contribution in [-0.4, -0.2) is 19.9 Å². The molecule has 0 N–H and O–H groups in total. The first-order valence-electron chi connectivity index (χ1n) is 13.9. The molecule has 0 aliphatic rings. The van der Waals surface area contributed by atoms with Crippen LogP contribution in [0.25, 0.3) is 54.4 Å². The fourth-order valence-corrected chi connectivity index (χ4v) is 6.21. The lowest BCUT2D eigenvalue weighted by atomic mass is 9.81. The minimum atomic E-state index is 0.0345. The van der Waals surface area contributed by atoms with Crippen molar-refractivity contribution in [2.75, 3.05) is 4.90 Å². The van der Waals surface area contributed by atoms with Crippen LogP contribution >= 0.6 is 0 Å². The number of benzene rings is 4. The van der Waals surface area contributed by atoms with Gasteiger partial charge in [0.05, 0.1) is 29.5 Å². The molecule has 4 aromatic heterocycles. The number of aromatic nitrogens is 4. The molecule has 196 valence electrons. The molecule has 5 heteroatoms. The van der Waals surface area contributed by atoms with Gasteiger partial charge in [-0.1, -0.05) is 63.2 Å². The molecule has 0 saturated carbocycles. The second-order valence-electron chi connectivity index (χ2n) is 11.7. The quantitative estimate of drug-likeness (QED) is 0.214. The van der Waals surface area contributed by atoms with Gasteiger partial charge in [-0.15, -0.1) is 0 Å². The first-order chi connectivity index (χ1) is 20.0. The van der Waals surface area contributed by atoms with Gasteiger partial charge >= 0.3 is 0 Å². The number of rotatable bonds is 3. The largest absolute Gasteiger partial charge is 0.307 e. The third-order valence-electron chi connectivity index (χ3n) is 8.09. The summed E-state index contributed by atoms with van der Waals surface area (Å²) in [5.74, 6) is 0. The van der Waals surface area contributed by atoms with Crippen molar-refractivity contribution in [3.05, 3.63) is 115 Å². The van der Waals surface area contributed by atoms with E-state index in [4.69, 9.17) is 9.97 Å². The van der Waals surface area contributed by atoms with E-state index in [9.17, 15) is 0 Å². The van der Waals surface area contributed by atoms with Crippen LogP contribution in [0, 0.1) is 0 Å². The zero-order chi connectivity index (χ0) is 27.7. The highest BCUT2D eigenvalue weighted by Crippen LogP contribution is 2.45. The molecule has 0 aliphatic carbocycles. The van der Waals surface area contributed by atoms with E-state index in [2.05, 4.69) is 108 Å². The van der Waals surface area contributed by atoms with Gasteiger partial charge in [0.1, 0.15) is 0 Å². The van der Waals surface area contributed by atoms with Gasteiger partial charge in [0.2, 0.25) is 0 Å². The molecule has 4 heterocycles. The molecule has 0 unspecified atom stereocenters. The van der Waals surface area contributed by atoms with Crippen LogP contribution in [0.3, 0.4) is 0 Å². The predicted molar refractivity (Wildman–Crippen MR) is 170 cm³/mol. The van der Waals surface area contributed by atoms with Crippen LogP contribution in [0.4, 0.5) is 17.1 Å². The van der Waals surface area contributed by atoms with E-state index in [1.54, 1.807) is 12.4 Å². The summed E-state index contributed by atoms with van der Waals surface area (Å²) in [6, 6.07) is 30.4. The van der Waals surface area contributed by atoms with E-state index < -0.39 is 0 Å². The van der Waals surface area contributed by atoms with Crippen LogP contribution in [0.1, 0.15) is 26.3 Å². The number of nitrogens with zero attached hydrogens (tertiary/aromatic N) is 5. The highest BCUT2D eigenvalue weighted by Gasteiger charge is 2.22. The molecule has 8 rings (SSSR count). The van der Waals surface area contributed by atoms with Crippen molar-refractivity contribution in [2.45, 2.75) is 26.2 Å². The summed E-state index contributed by atoms with van der Waals surface area (Å²) in [6.45, 7) is 6.86. The SMILES string of the molecule is CC(C)(C)c1ccc2ccc3c(N(c4cnc5ncccc5c4)c4cnc5ncccc5c4)ccc4ccc1c2c43. The molecule has 0 spiro atoms. The molecular weight excluding hydrogens is 502 g/mol. The summed E-state index contributed by atoms with van der Waals surface area (Å²) in [4.78, 5) is 20.6. The van der Waals surface area contributed by atoms with Crippen molar-refractivity contribution < 1.29 is 0 Å². The Morgan fingerprint density at radius 1 is 0.537 bits per heavy atom. The van der Waals surface area contributed by atoms with Crippen molar-refractivity contribution in [2.24, 2.45) is 0 Å². The highest BCUT2D eigenvalue weighted by atomic mass is 15.2. The smallest absolute Gasteiger partial charge is 0.159 e. The second kappa shape index (κ2) is 8.67. The Kier molecular flexibility index (Phi) is 5.01. The van der Waals surface area contributed by atoms with Crippen LogP contribution in [0.2, 0.25) is 0 Å². The van der Waals surface area contributed by atoms with Gasteiger partial charge in [0.15, 0.2) is 11.3 Å². The van der Waals surface area contributed by atoms with E-state index in [1.807, 2.05) is 24.5 Å².